The van der Waals surface area contributed by atoms with Crippen LogP contribution in [0.4, 0.5) is 11.4 Å². The van der Waals surface area contributed by atoms with Crippen LogP contribution in [-0.4, -0.2) is 19.1 Å². The Morgan fingerprint density at radius 1 is 0.968 bits per heavy atom. The third-order valence-electron chi connectivity index (χ3n) is 4.83. The van der Waals surface area contributed by atoms with Crippen molar-refractivity contribution in [3.8, 4) is 0 Å². The lowest BCUT2D eigenvalue weighted by Crippen LogP contribution is -2.33. The molecule has 3 rings (SSSR count). The highest BCUT2D eigenvalue weighted by atomic mass is 32.2. The van der Waals surface area contributed by atoms with Crippen molar-refractivity contribution in [1.82, 2.24) is 0 Å². The van der Waals surface area contributed by atoms with Gasteiger partial charge in [-0.05, 0) is 69.2 Å². The van der Waals surface area contributed by atoms with E-state index in [1.54, 1.807) is 63.2 Å². The quantitative estimate of drug-likeness (QED) is 0.557. The van der Waals surface area contributed by atoms with Crippen molar-refractivity contribution in [2.45, 2.75) is 45.3 Å². The zero-order valence-corrected chi connectivity index (χ0v) is 19.0. The Hall–Kier alpha value is -3.13. The predicted octanol–water partition coefficient (Wildman–Crippen LogP) is 4.71. The Kier molecular flexibility index (Phi) is 5.96. The third-order valence-corrected chi connectivity index (χ3v) is 6.95. The minimum Gasteiger partial charge on any atom is -0.422 e. The predicted molar refractivity (Wildman–Crippen MR) is 123 cm³/mol. The second kappa shape index (κ2) is 8.19. The summed E-state index contributed by atoms with van der Waals surface area (Å²) < 4.78 is 31.5. The van der Waals surface area contributed by atoms with E-state index in [0.717, 1.165) is 5.56 Å². The molecule has 164 valence electrons. The van der Waals surface area contributed by atoms with Gasteiger partial charge in [-0.25, -0.2) is 13.2 Å². The van der Waals surface area contributed by atoms with Gasteiger partial charge in [0.15, 0.2) is 0 Å². The number of nitrogens with one attached hydrogen (secondary N) is 2. The molecule has 0 radical (unpaired) electrons. The maximum atomic E-state index is 12.7. The van der Waals surface area contributed by atoms with Crippen LogP contribution in [0.2, 0.25) is 0 Å². The van der Waals surface area contributed by atoms with Gasteiger partial charge in [-0.2, -0.15) is 0 Å². The number of rotatable bonds is 5. The third kappa shape index (κ3) is 4.96. The summed E-state index contributed by atoms with van der Waals surface area (Å²) in [5.41, 5.74) is 2.24. The van der Waals surface area contributed by atoms with Crippen LogP contribution in [-0.2, 0) is 10.0 Å². The van der Waals surface area contributed by atoms with Gasteiger partial charge in [0.25, 0.3) is 5.91 Å². The lowest BCUT2D eigenvalue weighted by Gasteiger charge is -2.20. The molecular formula is C23H26N2O5S. The summed E-state index contributed by atoms with van der Waals surface area (Å²) >= 11 is 0. The lowest BCUT2D eigenvalue weighted by molar-refractivity contribution is 0.102. The van der Waals surface area contributed by atoms with Crippen molar-refractivity contribution < 1.29 is 17.6 Å². The molecule has 0 bridgehead atoms. The smallest absolute Gasteiger partial charge is 0.336 e. The highest BCUT2D eigenvalue weighted by molar-refractivity contribution is 7.94. The molecule has 31 heavy (non-hydrogen) atoms. The van der Waals surface area contributed by atoms with E-state index in [4.69, 9.17) is 4.42 Å². The number of fused-ring (bicyclic) bond motifs is 1. The molecule has 0 atom stereocenters. The fraction of sp³-hybridized carbons (Fsp3) is 0.304. The van der Waals surface area contributed by atoms with E-state index >= 15 is 0 Å². The van der Waals surface area contributed by atoms with E-state index in [9.17, 15) is 18.0 Å². The fourth-order valence-electron chi connectivity index (χ4n) is 2.91. The Balaban J connectivity index is 1.84. The molecule has 1 amide bonds. The standard InChI is InChI=1S/C23H26N2O5S/c1-14(2)19-13-18(12-16-8-11-20(26)30-21(16)19)24-22(27)15-6-9-17(10-7-15)25-31(28,29)23(3,4)5/h6-14,25H,1-5H3,(H,24,27). The van der Waals surface area contributed by atoms with Crippen molar-refractivity contribution in [2.75, 3.05) is 10.0 Å². The number of hydrogen-bond acceptors (Lipinski definition) is 5. The number of benzene rings is 2. The highest BCUT2D eigenvalue weighted by Crippen LogP contribution is 2.29. The van der Waals surface area contributed by atoms with Crippen LogP contribution in [0.5, 0.6) is 0 Å². The summed E-state index contributed by atoms with van der Waals surface area (Å²) in [6.45, 7) is 8.78. The molecular weight excluding hydrogens is 416 g/mol. The van der Waals surface area contributed by atoms with Gasteiger partial charge in [0.1, 0.15) is 5.58 Å². The molecule has 0 saturated carbocycles. The molecule has 2 aromatic carbocycles. The SMILES string of the molecule is CC(C)c1cc(NC(=O)c2ccc(NS(=O)(=O)C(C)(C)C)cc2)cc2ccc(=O)oc12. The number of sulfonamides is 1. The van der Waals surface area contributed by atoms with Crippen molar-refractivity contribution in [1.29, 1.82) is 0 Å². The van der Waals surface area contributed by atoms with Crippen LogP contribution in [0.25, 0.3) is 11.0 Å². The van der Waals surface area contributed by atoms with Crippen molar-refractivity contribution in [2.24, 2.45) is 0 Å². The molecule has 7 nitrogen and oxygen atoms in total. The first kappa shape index (κ1) is 22.6. The zero-order valence-electron chi connectivity index (χ0n) is 18.1. The molecule has 0 fully saturated rings. The molecule has 0 unspecified atom stereocenters. The van der Waals surface area contributed by atoms with Gasteiger partial charge in [-0.3, -0.25) is 9.52 Å². The molecule has 8 heteroatoms. The minimum atomic E-state index is -3.55. The van der Waals surface area contributed by atoms with Crippen LogP contribution in [0, 0.1) is 0 Å². The van der Waals surface area contributed by atoms with Gasteiger partial charge in [0.2, 0.25) is 10.0 Å². The Bertz CT molecular complexity index is 1280. The summed E-state index contributed by atoms with van der Waals surface area (Å²) in [6, 6.07) is 12.7. The molecule has 2 N–H and O–H groups in total. The van der Waals surface area contributed by atoms with Gasteiger partial charge < -0.3 is 9.73 Å². The number of amides is 1. The second-order valence-electron chi connectivity index (χ2n) is 8.64. The van der Waals surface area contributed by atoms with E-state index in [1.807, 2.05) is 13.8 Å². The lowest BCUT2D eigenvalue weighted by atomic mass is 9.99. The average Bonchev–Trinajstić information content (AvgIpc) is 2.67. The zero-order chi connectivity index (χ0) is 23.0. The Morgan fingerprint density at radius 2 is 1.61 bits per heavy atom. The number of anilines is 2. The maximum absolute atomic E-state index is 12.7. The first-order chi connectivity index (χ1) is 14.4. The highest BCUT2D eigenvalue weighted by Gasteiger charge is 2.28. The van der Waals surface area contributed by atoms with Crippen LogP contribution in [0.15, 0.2) is 57.7 Å². The topological polar surface area (TPSA) is 105 Å². The van der Waals surface area contributed by atoms with E-state index in [-0.39, 0.29) is 11.8 Å². The molecule has 0 aliphatic carbocycles. The van der Waals surface area contributed by atoms with E-state index in [0.29, 0.717) is 27.9 Å². The largest absolute Gasteiger partial charge is 0.422 e. The monoisotopic (exact) mass is 442 g/mol. The van der Waals surface area contributed by atoms with Crippen LogP contribution in [0.3, 0.4) is 0 Å². The van der Waals surface area contributed by atoms with E-state index in [2.05, 4.69) is 10.0 Å². The van der Waals surface area contributed by atoms with Gasteiger partial charge in [0.05, 0.1) is 4.75 Å². The second-order valence-corrected chi connectivity index (χ2v) is 11.1. The number of hydrogen-bond donors (Lipinski definition) is 2. The first-order valence-electron chi connectivity index (χ1n) is 9.89. The molecule has 0 aliphatic rings. The average molecular weight is 443 g/mol. The van der Waals surface area contributed by atoms with Crippen molar-refractivity contribution in [3.05, 3.63) is 70.1 Å². The molecule has 1 heterocycles. The normalized spacial score (nSPS) is 12.2. The summed E-state index contributed by atoms with van der Waals surface area (Å²) in [4.78, 5) is 24.3. The molecule has 1 aromatic heterocycles. The molecule has 3 aromatic rings. The summed E-state index contributed by atoms with van der Waals surface area (Å²) in [5.74, 6) is -0.253. The minimum absolute atomic E-state index is 0.0834. The van der Waals surface area contributed by atoms with Crippen molar-refractivity contribution in [3.63, 3.8) is 0 Å². The first-order valence-corrected chi connectivity index (χ1v) is 11.4. The van der Waals surface area contributed by atoms with Crippen LogP contribution >= 0.6 is 0 Å². The van der Waals surface area contributed by atoms with Gasteiger partial charge in [0, 0.05) is 34.0 Å². The Morgan fingerprint density at radius 3 is 2.19 bits per heavy atom. The fourth-order valence-corrected chi connectivity index (χ4v) is 3.66. The number of carbonyl (C=O) groups is 1. The molecule has 0 aliphatic heterocycles. The maximum Gasteiger partial charge on any atom is 0.336 e. The van der Waals surface area contributed by atoms with E-state index in [1.165, 1.54) is 6.07 Å². The van der Waals surface area contributed by atoms with Crippen LogP contribution in [0.1, 0.15) is 56.5 Å². The van der Waals surface area contributed by atoms with Crippen LogP contribution < -0.4 is 15.7 Å². The van der Waals surface area contributed by atoms with Gasteiger partial charge in [-0.15, -0.1) is 0 Å². The number of carbonyl (C=O) groups excluding carboxylic acids is 1. The Labute approximate surface area is 181 Å². The van der Waals surface area contributed by atoms with Gasteiger partial charge in [-0.1, -0.05) is 13.8 Å². The summed E-state index contributed by atoms with van der Waals surface area (Å²) in [7, 11) is -3.55. The van der Waals surface area contributed by atoms with Gasteiger partial charge >= 0.3 is 5.63 Å². The van der Waals surface area contributed by atoms with Crippen molar-refractivity contribution >= 4 is 38.3 Å². The summed E-state index contributed by atoms with van der Waals surface area (Å²) in [5, 5.41) is 3.57. The summed E-state index contributed by atoms with van der Waals surface area (Å²) in [6.07, 6.45) is 0. The molecule has 0 spiro atoms. The molecule has 0 saturated heterocycles. The van der Waals surface area contributed by atoms with E-state index < -0.39 is 20.4 Å².